The molecule has 0 bridgehead atoms. The first-order chi connectivity index (χ1) is 10.0. The second-order valence-corrected chi connectivity index (χ2v) is 5.36. The summed E-state index contributed by atoms with van der Waals surface area (Å²) < 4.78 is 6.14. The number of likely N-dealkylation sites (tertiary alicyclic amines) is 1. The van der Waals surface area contributed by atoms with Crippen molar-refractivity contribution in [3.8, 4) is 0 Å². The van der Waals surface area contributed by atoms with Gasteiger partial charge in [0.1, 0.15) is 5.69 Å². The maximum atomic E-state index is 12.4. The minimum Gasteiger partial charge on any atom is -0.391 e. The Kier molecular flexibility index (Phi) is 5.08. The van der Waals surface area contributed by atoms with Crippen LogP contribution in [0.25, 0.3) is 0 Å². The molecular formula is C14H21N3O4. The van der Waals surface area contributed by atoms with Gasteiger partial charge in [0.05, 0.1) is 19.3 Å². The molecule has 0 aromatic carbocycles. The summed E-state index contributed by atoms with van der Waals surface area (Å²) in [6.07, 6.45) is 0.248. The lowest BCUT2D eigenvalue weighted by molar-refractivity contribution is 0.0243. The van der Waals surface area contributed by atoms with Crippen LogP contribution in [0, 0.1) is 5.92 Å². The zero-order chi connectivity index (χ0) is 15.4. The number of carbonyl (C=O) groups is 1. The van der Waals surface area contributed by atoms with Crippen molar-refractivity contribution < 1.29 is 14.6 Å². The van der Waals surface area contributed by atoms with Crippen molar-refractivity contribution in [3.05, 3.63) is 28.2 Å². The zero-order valence-electron chi connectivity index (χ0n) is 12.4. The maximum Gasteiger partial charge on any atom is 0.274 e. The lowest BCUT2D eigenvalue weighted by Gasteiger charge is -2.34. The van der Waals surface area contributed by atoms with Gasteiger partial charge in [0.25, 0.3) is 11.5 Å². The van der Waals surface area contributed by atoms with Gasteiger partial charge in [-0.3, -0.25) is 9.59 Å². The van der Waals surface area contributed by atoms with Gasteiger partial charge in [-0.25, -0.2) is 4.68 Å². The van der Waals surface area contributed by atoms with Crippen molar-refractivity contribution in [2.75, 3.05) is 26.8 Å². The largest absolute Gasteiger partial charge is 0.391 e. The van der Waals surface area contributed by atoms with Crippen LogP contribution in [-0.2, 0) is 11.3 Å². The number of aliphatic hydroxyl groups is 1. The van der Waals surface area contributed by atoms with Gasteiger partial charge < -0.3 is 14.7 Å². The van der Waals surface area contributed by atoms with Crippen LogP contribution in [0.3, 0.4) is 0 Å². The standard InChI is InChI=1S/C14H21N3O4/c1-10-5-6-16(9-12(10)18)14(20)11-3-4-13(19)17(15-11)7-8-21-2/h3-4,10,12,18H,5-9H2,1-2H3. The van der Waals surface area contributed by atoms with E-state index in [0.717, 1.165) is 6.42 Å². The van der Waals surface area contributed by atoms with E-state index >= 15 is 0 Å². The smallest absolute Gasteiger partial charge is 0.274 e. The predicted octanol–water partition coefficient (Wildman–Crippen LogP) is -0.267. The highest BCUT2D eigenvalue weighted by molar-refractivity contribution is 5.92. The molecule has 1 N–H and O–H groups in total. The second kappa shape index (κ2) is 6.82. The molecule has 1 aliphatic heterocycles. The molecule has 1 aromatic heterocycles. The first-order valence-electron chi connectivity index (χ1n) is 7.07. The van der Waals surface area contributed by atoms with Gasteiger partial charge in [-0.15, -0.1) is 0 Å². The van der Waals surface area contributed by atoms with Crippen LogP contribution in [0.4, 0.5) is 0 Å². The molecule has 2 heterocycles. The highest BCUT2D eigenvalue weighted by Crippen LogP contribution is 2.18. The number of rotatable bonds is 4. The van der Waals surface area contributed by atoms with E-state index in [4.69, 9.17) is 4.74 Å². The number of amides is 1. The van der Waals surface area contributed by atoms with Gasteiger partial charge in [0, 0.05) is 26.3 Å². The topological polar surface area (TPSA) is 84.7 Å². The number of hydrogen-bond donors (Lipinski definition) is 1. The molecule has 116 valence electrons. The number of β-amino-alcohol motifs (C(OH)–C–C–N with tert-alkyl or cyclic N) is 1. The van der Waals surface area contributed by atoms with E-state index in [-0.39, 0.29) is 23.1 Å². The van der Waals surface area contributed by atoms with E-state index in [2.05, 4.69) is 5.10 Å². The summed E-state index contributed by atoms with van der Waals surface area (Å²) >= 11 is 0. The minimum absolute atomic E-state index is 0.192. The Labute approximate surface area is 123 Å². The van der Waals surface area contributed by atoms with Crippen LogP contribution >= 0.6 is 0 Å². The lowest BCUT2D eigenvalue weighted by Crippen LogP contribution is -2.46. The molecular weight excluding hydrogens is 274 g/mol. The molecule has 7 nitrogen and oxygen atoms in total. The van der Waals surface area contributed by atoms with E-state index in [1.54, 1.807) is 4.90 Å². The number of piperidine rings is 1. The van der Waals surface area contributed by atoms with E-state index < -0.39 is 6.10 Å². The number of ether oxygens (including phenoxy) is 1. The van der Waals surface area contributed by atoms with Crippen molar-refractivity contribution in [1.82, 2.24) is 14.7 Å². The van der Waals surface area contributed by atoms with Crippen molar-refractivity contribution >= 4 is 5.91 Å². The zero-order valence-corrected chi connectivity index (χ0v) is 12.4. The Morgan fingerprint density at radius 2 is 2.29 bits per heavy atom. The number of nitrogens with zero attached hydrogens (tertiary/aromatic N) is 3. The molecule has 1 aromatic rings. The monoisotopic (exact) mass is 295 g/mol. The van der Waals surface area contributed by atoms with Crippen molar-refractivity contribution in [2.45, 2.75) is 26.0 Å². The molecule has 1 saturated heterocycles. The molecule has 2 atom stereocenters. The van der Waals surface area contributed by atoms with E-state index in [1.807, 2.05) is 6.92 Å². The molecule has 2 unspecified atom stereocenters. The normalized spacial score (nSPS) is 22.3. The molecule has 0 spiro atoms. The third kappa shape index (κ3) is 3.68. The van der Waals surface area contributed by atoms with Crippen molar-refractivity contribution in [3.63, 3.8) is 0 Å². The number of carbonyl (C=O) groups excluding carboxylic acids is 1. The number of aliphatic hydroxyl groups excluding tert-OH is 1. The minimum atomic E-state index is -0.512. The third-order valence-corrected chi connectivity index (χ3v) is 3.80. The fourth-order valence-corrected chi connectivity index (χ4v) is 2.30. The molecule has 0 saturated carbocycles. The van der Waals surface area contributed by atoms with E-state index in [9.17, 15) is 14.7 Å². The van der Waals surface area contributed by atoms with Gasteiger partial charge in [-0.1, -0.05) is 6.92 Å². The van der Waals surface area contributed by atoms with Crippen LogP contribution in [0.2, 0.25) is 0 Å². The number of methoxy groups -OCH3 is 1. The maximum absolute atomic E-state index is 12.4. The Bertz CT molecular complexity index is 557. The Morgan fingerprint density at radius 1 is 1.52 bits per heavy atom. The summed E-state index contributed by atoms with van der Waals surface area (Å²) in [7, 11) is 1.54. The third-order valence-electron chi connectivity index (χ3n) is 3.80. The summed E-state index contributed by atoms with van der Waals surface area (Å²) in [5.74, 6) is -0.0650. The van der Waals surface area contributed by atoms with Gasteiger partial charge >= 0.3 is 0 Å². The highest BCUT2D eigenvalue weighted by atomic mass is 16.5. The van der Waals surface area contributed by atoms with Crippen molar-refractivity contribution in [1.29, 1.82) is 0 Å². The summed E-state index contributed by atoms with van der Waals surface area (Å²) in [6, 6.07) is 2.76. The molecule has 21 heavy (non-hydrogen) atoms. The summed E-state index contributed by atoms with van der Waals surface area (Å²) in [5, 5.41) is 14.0. The quantitative estimate of drug-likeness (QED) is 0.827. The Balaban J connectivity index is 2.14. The van der Waals surface area contributed by atoms with Crippen LogP contribution in [-0.4, -0.2) is 58.6 Å². The van der Waals surface area contributed by atoms with Crippen molar-refractivity contribution in [2.24, 2.45) is 5.92 Å². The fourth-order valence-electron chi connectivity index (χ4n) is 2.30. The Hall–Kier alpha value is -1.73. The number of aromatic nitrogens is 2. The molecule has 1 fully saturated rings. The lowest BCUT2D eigenvalue weighted by atomic mass is 9.96. The fraction of sp³-hybridized carbons (Fsp3) is 0.643. The number of hydrogen-bond acceptors (Lipinski definition) is 5. The summed E-state index contributed by atoms with van der Waals surface area (Å²) in [5.41, 5.74) is -0.0524. The molecule has 1 aliphatic rings. The van der Waals surface area contributed by atoms with Crippen LogP contribution < -0.4 is 5.56 Å². The van der Waals surface area contributed by atoms with Crippen LogP contribution in [0.15, 0.2) is 16.9 Å². The first kappa shape index (κ1) is 15.7. The summed E-state index contributed by atoms with van der Waals surface area (Å²) in [4.78, 5) is 25.6. The predicted molar refractivity (Wildman–Crippen MR) is 76.1 cm³/mol. The van der Waals surface area contributed by atoms with Crippen LogP contribution in [0.1, 0.15) is 23.8 Å². The van der Waals surface area contributed by atoms with Gasteiger partial charge in [-0.2, -0.15) is 5.10 Å². The molecule has 1 amide bonds. The molecule has 0 radical (unpaired) electrons. The summed E-state index contributed by atoms with van der Waals surface area (Å²) in [6.45, 7) is 3.52. The molecule has 0 aliphatic carbocycles. The van der Waals surface area contributed by atoms with Gasteiger partial charge in [0.2, 0.25) is 0 Å². The molecule has 7 heteroatoms. The first-order valence-corrected chi connectivity index (χ1v) is 7.07. The average Bonchev–Trinajstić information content (AvgIpc) is 2.48. The van der Waals surface area contributed by atoms with Gasteiger partial charge in [-0.05, 0) is 18.4 Å². The van der Waals surface area contributed by atoms with E-state index in [0.29, 0.717) is 26.2 Å². The average molecular weight is 295 g/mol. The highest BCUT2D eigenvalue weighted by Gasteiger charge is 2.28. The molecule has 2 rings (SSSR count). The Morgan fingerprint density at radius 3 is 2.95 bits per heavy atom. The van der Waals surface area contributed by atoms with Gasteiger partial charge in [0.15, 0.2) is 0 Å². The van der Waals surface area contributed by atoms with E-state index in [1.165, 1.54) is 23.9 Å². The SMILES string of the molecule is COCCn1nc(C(=O)N2CCC(C)C(O)C2)ccc1=O. The van der Waals surface area contributed by atoms with Crippen LogP contribution in [0.5, 0.6) is 0 Å². The second-order valence-electron chi connectivity index (χ2n) is 5.36.